The van der Waals surface area contributed by atoms with Crippen LogP contribution >= 0.6 is 0 Å². The van der Waals surface area contributed by atoms with E-state index in [0.717, 1.165) is 12.8 Å². The maximum Gasteiger partial charge on any atom is 0.411 e. The van der Waals surface area contributed by atoms with Gasteiger partial charge in [-0.25, -0.2) is 9.59 Å². The van der Waals surface area contributed by atoms with Crippen LogP contribution in [0.5, 0.6) is 0 Å². The summed E-state index contributed by atoms with van der Waals surface area (Å²) < 4.78 is 10.3. The second kappa shape index (κ2) is 4.69. The minimum absolute atomic E-state index is 0.110. The molecular formula is C14H23NO4. The van der Waals surface area contributed by atoms with Gasteiger partial charge in [0, 0.05) is 6.04 Å². The summed E-state index contributed by atoms with van der Waals surface area (Å²) in [4.78, 5) is 25.8. The van der Waals surface area contributed by atoms with Gasteiger partial charge >= 0.3 is 12.1 Å². The molecule has 5 heteroatoms. The number of carbonyl (C=O) groups excluding carboxylic acids is 2. The average molecular weight is 269 g/mol. The first-order valence-electron chi connectivity index (χ1n) is 6.83. The van der Waals surface area contributed by atoms with E-state index in [1.54, 1.807) is 4.90 Å². The van der Waals surface area contributed by atoms with Gasteiger partial charge in [0.1, 0.15) is 11.6 Å². The average Bonchev–Trinajstić information content (AvgIpc) is 2.81. The van der Waals surface area contributed by atoms with Crippen LogP contribution in [0.3, 0.4) is 0 Å². The molecule has 19 heavy (non-hydrogen) atoms. The van der Waals surface area contributed by atoms with Crippen molar-refractivity contribution in [3.05, 3.63) is 0 Å². The maximum atomic E-state index is 12.3. The lowest BCUT2D eigenvalue weighted by molar-refractivity contribution is -0.149. The highest BCUT2D eigenvalue weighted by molar-refractivity contribution is 5.83. The molecule has 0 spiro atoms. The van der Waals surface area contributed by atoms with Gasteiger partial charge in [-0.1, -0.05) is 6.92 Å². The molecule has 4 atom stereocenters. The Morgan fingerprint density at radius 2 is 1.84 bits per heavy atom. The second-order valence-corrected chi connectivity index (χ2v) is 6.62. The number of rotatable bonds is 1. The van der Waals surface area contributed by atoms with E-state index in [4.69, 9.17) is 9.47 Å². The fourth-order valence-electron chi connectivity index (χ4n) is 3.33. The zero-order valence-corrected chi connectivity index (χ0v) is 12.3. The lowest BCUT2D eigenvalue weighted by Gasteiger charge is -2.37. The van der Waals surface area contributed by atoms with Gasteiger partial charge in [-0.15, -0.1) is 0 Å². The lowest BCUT2D eigenvalue weighted by atomic mass is 9.89. The second-order valence-electron chi connectivity index (χ2n) is 6.62. The van der Waals surface area contributed by atoms with Crippen molar-refractivity contribution in [2.24, 2.45) is 11.8 Å². The number of fused-ring (bicyclic) bond motifs is 2. The van der Waals surface area contributed by atoms with Crippen LogP contribution in [0.1, 0.15) is 40.5 Å². The van der Waals surface area contributed by atoms with Gasteiger partial charge < -0.3 is 9.47 Å². The monoisotopic (exact) mass is 269 g/mol. The predicted octanol–water partition coefficient (Wildman–Crippen LogP) is 2.19. The van der Waals surface area contributed by atoms with Gasteiger partial charge in [0.25, 0.3) is 0 Å². The quantitative estimate of drug-likeness (QED) is 0.685. The molecule has 2 aliphatic rings. The molecule has 5 nitrogen and oxygen atoms in total. The highest BCUT2D eigenvalue weighted by Crippen LogP contribution is 2.46. The number of amides is 1. The van der Waals surface area contributed by atoms with Crippen LogP contribution in [0.25, 0.3) is 0 Å². The van der Waals surface area contributed by atoms with Crippen LogP contribution in [0.2, 0.25) is 0 Å². The van der Waals surface area contributed by atoms with Crippen molar-refractivity contribution in [1.29, 1.82) is 0 Å². The van der Waals surface area contributed by atoms with E-state index in [0.29, 0.717) is 5.92 Å². The Labute approximate surface area is 114 Å². The highest BCUT2D eigenvalue weighted by atomic mass is 16.6. The third-order valence-corrected chi connectivity index (χ3v) is 4.06. The van der Waals surface area contributed by atoms with Crippen LogP contribution < -0.4 is 0 Å². The van der Waals surface area contributed by atoms with Gasteiger partial charge in [-0.3, -0.25) is 4.90 Å². The molecule has 1 unspecified atom stereocenters. The van der Waals surface area contributed by atoms with Crippen LogP contribution in [0.4, 0.5) is 4.79 Å². The smallest absolute Gasteiger partial charge is 0.411 e. The molecule has 0 radical (unpaired) electrons. The first kappa shape index (κ1) is 14.2. The Morgan fingerprint density at radius 1 is 1.21 bits per heavy atom. The summed E-state index contributed by atoms with van der Waals surface area (Å²) >= 11 is 0. The van der Waals surface area contributed by atoms with E-state index >= 15 is 0 Å². The third-order valence-electron chi connectivity index (χ3n) is 4.06. The molecule has 0 aromatic carbocycles. The Morgan fingerprint density at radius 3 is 2.37 bits per heavy atom. The van der Waals surface area contributed by atoms with Crippen LogP contribution in [-0.2, 0) is 14.3 Å². The van der Waals surface area contributed by atoms with Crippen molar-refractivity contribution < 1.29 is 19.1 Å². The molecule has 1 aliphatic carbocycles. The SMILES string of the molecule is COC(=O)[C@H]1[C@H]2CC(C[C@H]2C)N1C(=O)OC(C)(C)C. The first-order chi connectivity index (χ1) is 8.74. The fourth-order valence-corrected chi connectivity index (χ4v) is 3.33. The number of esters is 1. The molecular weight excluding hydrogens is 246 g/mol. The number of piperidine rings is 1. The fraction of sp³-hybridized carbons (Fsp3) is 0.857. The molecule has 2 rings (SSSR count). The Bertz CT molecular complexity index is 387. The lowest BCUT2D eigenvalue weighted by Crippen LogP contribution is -2.52. The summed E-state index contributed by atoms with van der Waals surface area (Å²) in [5.41, 5.74) is -0.550. The van der Waals surface area contributed by atoms with Crippen molar-refractivity contribution in [2.45, 2.75) is 58.2 Å². The molecule has 2 fully saturated rings. The van der Waals surface area contributed by atoms with E-state index < -0.39 is 17.7 Å². The van der Waals surface area contributed by atoms with E-state index in [-0.39, 0.29) is 17.9 Å². The first-order valence-corrected chi connectivity index (χ1v) is 6.83. The normalized spacial score (nSPS) is 33.4. The van der Waals surface area contributed by atoms with Crippen molar-refractivity contribution in [1.82, 2.24) is 4.90 Å². The highest BCUT2D eigenvalue weighted by Gasteiger charge is 2.56. The van der Waals surface area contributed by atoms with Gasteiger partial charge in [-0.2, -0.15) is 0 Å². The Hall–Kier alpha value is -1.26. The number of nitrogens with zero attached hydrogens (tertiary/aromatic N) is 1. The van der Waals surface area contributed by atoms with Crippen molar-refractivity contribution >= 4 is 12.1 Å². The van der Waals surface area contributed by atoms with Gasteiger partial charge in [-0.05, 0) is 45.4 Å². The van der Waals surface area contributed by atoms with Crippen molar-refractivity contribution in [2.75, 3.05) is 7.11 Å². The molecule has 2 bridgehead atoms. The Balaban J connectivity index is 2.19. The van der Waals surface area contributed by atoms with Gasteiger partial charge in [0.05, 0.1) is 7.11 Å². The predicted molar refractivity (Wildman–Crippen MR) is 69.6 cm³/mol. The summed E-state index contributed by atoms with van der Waals surface area (Å²) in [5.74, 6) is 0.322. The zero-order chi connectivity index (χ0) is 14.4. The molecule has 1 saturated heterocycles. The molecule has 0 aromatic heterocycles. The van der Waals surface area contributed by atoms with Crippen LogP contribution in [0, 0.1) is 11.8 Å². The topological polar surface area (TPSA) is 55.8 Å². The molecule has 0 N–H and O–H groups in total. The van der Waals surface area contributed by atoms with Gasteiger partial charge in [0.2, 0.25) is 0 Å². The molecule has 1 aliphatic heterocycles. The number of carbonyl (C=O) groups is 2. The Kier molecular flexibility index (Phi) is 3.49. The summed E-state index contributed by atoms with van der Waals surface area (Å²) in [6.45, 7) is 7.62. The summed E-state index contributed by atoms with van der Waals surface area (Å²) in [7, 11) is 1.37. The number of likely N-dealkylation sites (tertiary alicyclic amines) is 1. The maximum absolute atomic E-state index is 12.3. The summed E-state index contributed by atoms with van der Waals surface area (Å²) in [6, 6.07) is -0.368. The summed E-state index contributed by atoms with van der Waals surface area (Å²) in [5, 5.41) is 0. The van der Waals surface area contributed by atoms with Crippen LogP contribution in [0.15, 0.2) is 0 Å². The minimum Gasteiger partial charge on any atom is -0.467 e. The molecule has 1 heterocycles. The number of ether oxygens (including phenoxy) is 2. The van der Waals surface area contributed by atoms with Crippen molar-refractivity contribution in [3.8, 4) is 0 Å². The van der Waals surface area contributed by atoms with Crippen molar-refractivity contribution in [3.63, 3.8) is 0 Å². The zero-order valence-electron chi connectivity index (χ0n) is 12.3. The van der Waals surface area contributed by atoms with Crippen LogP contribution in [-0.4, -0.2) is 41.8 Å². The number of hydrogen-bond acceptors (Lipinski definition) is 4. The van der Waals surface area contributed by atoms with E-state index in [9.17, 15) is 9.59 Å². The van der Waals surface area contributed by atoms with E-state index in [2.05, 4.69) is 6.92 Å². The third kappa shape index (κ3) is 2.55. The van der Waals surface area contributed by atoms with Gasteiger partial charge in [0.15, 0.2) is 0 Å². The number of hydrogen-bond donors (Lipinski definition) is 0. The molecule has 1 saturated carbocycles. The molecule has 108 valence electrons. The molecule has 1 amide bonds. The standard InChI is InChI=1S/C14H23NO4/c1-8-6-9-7-10(8)11(12(16)18-5)15(9)13(17)19-14(2,3)4/h8-11H,6-7H2,1-5H3/t8-,9?,10+,11-/m1/s1. The van der Waals surface area contributed by atoms with E-state index in [1.165, 1.54) is 7.11 Å². The summed E-state index contributed by atoms with van der Waals surface area (Å²) in [6.07, 6.45) is 1.42. The number of methoxy groups -OCH3 is 1. The van der Waals surface area contributed by atoms with E-state index in [1.807, 2.05) is 20.8 Å². The largest absolute Gasteiger partial charge is 0.467 e. The minimum atomic E-state index is -0.550. The molecule has 0 aromatic rings.